The Labute approximate surface area is 205 Å². The second-order valence-corrected chi connectivity index (χ2v) is 9.06. The number of aliphatic hydroxyl groups excluding tert-OH is 1. The quantitative estimate of drug-likeness (QED) is 0.444. The van der Waals surface area contributed by atoms with Gasteiger partial charge in [-0.3, -0.25) is 19.6 Å². The molecule has 1 amide bonds. The van der Waals surface area contributed by atoms with Gasteiger partial charge in [-0.2, -0.15) is 0 Å². The Morgan fingerprint density at radius 2 is 1.89 bits per heavy atom. The van der Waals surface area contributed by atoms with Crippen LogP contribution in [0.2, 0.25) is 0 Å². The van der Waals surface area contributed by atoms with Gasteiger partial charge in [-0.05, 0) is 73.7 Å². The van der Waals surface area contributed by atoms with Gasteiger partial charge in [-0.1, -0.05) is 0 Å². The molecule has 2 N–H and O–H groups in total. The first-order valence-corrected chi connectivity index (χ1v) is 11.7. The molecule has 9 heteroatoms. The van der Waals surface area contributed by atoms with E-state index in [-0.39, 0.29) is 22.0 Å². The average Bonchev–Trinajstić information content (AvgIpc) is 3.26. The molecule has 0 spiro atoms. The predicted octanol–water partition coefficient (Wildman–Crippen LogP) is 3.74. The lowest BCUT2D eigenvalue weighted by Crippen LogP contribution is -2.40. The van der Waals surface area contributed by atoms with E-state index in [0.29, 0.717) is 29.7 Å². The molecule has 3 aromatic heterocycles. The number of halogens is 2. The molecule has 36 heavy (non-hydrogen) atoms. The van der Waals surface area contributed by atoms with E-state index in [4.69, 9.17) is 0 Å². The highest BCUT2D eigenvalue weighted by molar-refractivity contribution is 6.05. The molecule has 0 unspecified atom stereocenters. The van der Waals surface area contributed by atoms with Crippen LogP contribution in [0.15, 0.2) is 59.8 Å². The standard InChI is InChI=1S/C27H24F2N4O3/c1-15-10-16(7-9-30-15)17-11-21(28)19(22(29)12-17)13-33-14-20(25-18(27(33)36)4-3-8-31-25)26(35)32-23-5-2-6-24(23)34/h3-4,7-12,14,23-24,34H,2,5-6,13H2,1H3,(H,32,35)/t23-,24-/m0/s1. The number of rotatable bonds is 5. The number of hydrogen-bond donors (Lipinski definition) is 2. The Hall–Kier alpha value is -3.98. The predicted molar refractivity (Wildman–Crippen MR) is 131 cm³/mol. The third-order valence-corrected chi connectivity index (χ3v) is 6.58. The van der Waals surface area contributed by atoms with Crippen molar-refractivity contribution in [3.8, 4) is 11.1 Å². The minimum Gasteiger partial charge on any atom is -0.391 e. The maximum absolute atomic E-state index is 15.1. The van der Waals surface area contributed by atoms with Gasteiger partial charge in [0.05, 0.1) is 35.2 Å². The maximum atomic E-state index is 15.1. The highest BCUT2D eigenvalue weighted by Crippen LogP contribution is 2.26. The number of carbonyl (C=O) groups excluding carboxylic acids is 1. The molecule has 184 valence electrons. The molecule has 0 saturated heterocycles. The second kappa shape index (κ2) is 9.58. The first-order chi connectivity index (χ1) is 17.3. The Balaban J connectivity index is 1.54. The van der Waals surface area contributed by atoms with Gasteiger partial charge in [-0.25, -0.2) is 8.78 Å². The van der Waals surface area contributed by atoms with Crippen LogP contribution in [-0.4, -0.2) is 37.7 Å². The van der Waals surface area contributed by atoms with Crippen molar-refractivity contribution in [3.05, 3.63) is 93.8 Å². The van der Waals surface area contributed by atoms with E-state index in [9.17, 15) is 14.7 Å². The van der Waals surface area contributed by atoms with Gasteiger partial charge in [0, 0.05) is 29.8 Å². The molecule has 0 aliphatic heterocycles. The lowest BCUT2D eigenvalue weighted by atomic mass is 10.0. The lowest BCUT2D eigenvalue weighted by Gasteiger charge is -2.18. The number of carbonyl (C=O) groups is 1. The van der Waals surface area contributed by atoms with Gasteiger partial charge < -0.3 is 15.0 Å². The van der Waals surface area contributed by atoms with E-state index in [1.165, 1.54) is 30.6 Å². The van der Waals surface area contributed by atoms with Crippen LogP contribution >= 0.6 is 0 Å². The van der Waals surface area contributed by atoms with Crippen LogP contribution in [0, 0.1) is 18.6 Å². The van der Waals surface area contributed by atoms with Crippen LogP contribution in [0.5, 0.6) is 0 Å². The van der Waals surface area contributed by atoms with Crippen molar-refractivity contribution in [1.29, 1.82) is 0 Å². The number of nitrogens with zero attached hydrogens (tertiary/aromatic N) is 3. The van der Waals surface area contributed by atoms with Gasteiger partial charge in [0.25, 0.3) is 11.5 Å². The molecule has 1 aliphatic carbocycles. The zero-order chi connectivity index (χ0) is 25.4. The van der Waals surface area contributed by atoms with Crippen LogP contribution in [0.3, 0.4) is 0 Å². The highest BCUT2D eigenvalue weighted by atomic mass is 19.1. The Bertz CT molecular complexity index is 1510. The van der Waals surface area contributed by atoms with Crippen molar-refractivity contribution < 1.29 is 18.7 Å². The third-order valence-electron chi connectivity index (χ3n) is 6.58. The van der Waals surface area contributed by atoms with Gasteiger partial charge in [0.2, 0.25) is 0 Å². The minimum atomic E-state index is -0.808. The summed E-state index contributed by atoms with van der Waals surface area (Å²) < 4.78 is 31.3. The Morgan fingerprint density at radius 3 is 2.58 bits per heavy atom. The van der Waals surface area contributed by atoms with Crippen molar-refractivity contribution in [2.75, 3.05) is 0 Å². The molecule has 0 bridgehead atoms. The summed E-state index contributed by atoms with van der Waals surface area (Å²) in [6, 6.07) is 8.49. The van der Waals surface area contributed by atoms with Gasteiger partial charge >= 0.3 is 0 Å². The monoisotopic (exact) mass is 490 g/mol. The molecule has 1 fully saturated rings. The summed E-state index contributed by atoms with van der Waals surface area (Å²) in [5.74, 6) is -2.13. The number of aromatic nitrogens is 3. The number of fused-ring (bicyclic) bond motifs is 1. The summed E-state index contributed by atoms with van der Waals surface area (Å²) in [5, 5.41) is 13.1. The summed E-state index contributed by atoms with van der Waals surface area (Å²) in [5.41, 5.74) is 1.14. The largest absolute Gasteiger partial charge is 0.391 e. The van der Waals surface area contributed by atoms with E-state index in [1.54, 1.807) is 31.3 Å². The van der Waals surface area contributed by atoms with Crippen molar-refractivity contribution in [3.63, 3.8) is 0 Å². The fraction of sp³-hybridized carbons (Fsp3) is 0.259. The fourth-order valence-electron chi connectivity index (χ4n) is 4.68. The summed E-state index contributed by atoms with van der Waals surface area (Å²) in [7, 11) is 0. The summed E-state index contributed by atoms with van der Waals surface area (Å²) >= 11 is 0. The summed E-state index contributed by atoms with van der Waals surface area (Å²) in [6.07, 6.45) is 5.67. The van der Waals surface area contributed by atoms with Gasteiger partial charge in [0.1, 0.15) is 11.6 Å². The van der Waals surface area contributed by atoms with Crippen LogP contribution < -0.4 is 10.9 Å². The third kappa shape index (κ3) is 4.49. The van der Waals surface area contributed by atoms with E-state index < -0.39 is 41.8 Å². The number of pyridine rings is 3. The van der Waals surface area contributed by atoms with Crippen molar-refractivity contribution in [2.45, 2.75) is 44.9 Å². The highest BCUT2D eigenvalue weighted by Gasteiger charge is 2.28. The first kappa shape index (κ1) is 23.7. The first-order valence-electron chi connectivity index (χ1n) is 11.7. The number of aliphatic hydroxyl groups is 1. The van der Waals surface area contributed by atoms with Crippen molar-refractivity contribution in [1.82, 2.24) is 19.9 Å². The van der Waals surface area contributed by atoms with E-state index in [0.717, 1.165) is 11.0 Å². The number of amides is 1. The van der Waals surface area contributed by atoms with E-state index in [1.807, 2.05) is 0 Å². The average molecular weight is 491 g/mol. The minimum absolute atomic E-state index is 0.0917. The molecule has 0 radical (unpaired) electrons. The summed E-state index contributed by atoms with van der Waals surface area (Å²) in [6.45, 7) is 1.37. The van der Waals surface area contributed by atoms with Crippen LogP contribution in [0.1, 0.15) is 40.9 Å². The molecule has 3 heterocycles. The van der Waals surface area contributed by atoms with E-state index >= 15 is 8.78 Å². The Kier molecular flexibility index (Phi) is 6.32. The molecule has 7 nitrogen and oxygen atoms in total. The normalized spacial score (nSPS) is 17.4. The maximum Gasteiger partial charge on any atom is 0.260 e. The molecule has 2 atom stereocenters. The zero-order valence-electron chi connectivity index (χ0n) is 19.5. The fourth-order valence-corrected chi connectivity index (χ4v) is 4.68. The molecule has 1 aliphatic rings. The van der Waals surface area contributed by atoms with E-state index in [2.05, 4.69) is 15.3 Å². The molecular weight excluding hydrogens is 466 g/mol. The number of benzene rings is 1. The lowest BCUT2D eigenvalue weighted by molar-refractivity contribution is 0.0874. The smallest absolute Gasteiger partial charge is 0.260 e. The molecule has 1 aromatic carbocycles. The van der Waals surface area contributed by atoms with Gasteiger partial charge in [-0.15, -0.1) is 0 Å². The molecule has 1 saturated carbocycles. The number of aryl methyl sites for hydroxylation is 1. The zero-order valence-corrected chi connectivity index (χ0v) is 19.5. The second-order valence-electron chi connectivity index (χ2n) is 9.06. The van der Waals surface area contributed by atoms with Crippen LogP contribution in [0.25, 0.3) is 22.0 Å². The number of nitrogens with one attached hydrogen (secondary N) is 1. The topological polar surface area (TPSA) is 97.1 Å². The SMILES string of the molecule is Cc1cc(-c2cc(F)c(Cn3cc(C(=O)N[C@H]4CCC[C@@H]4O)c4ncccc4c3=O)c(F)c2)ccn1. The number of hydrogen-bond acceptors (Lipinski definition) is 5. The summed E-state index contributed by atoms with van der Waals surface area (Å²) in [4.78, 5) is 34.6. The van der Waals surface area contributed by atoms with Crippen molar-refractivity contribution >= 4 is 16.8 Å². The molecule has 4 aromatic rings. The Morgan fingerprint density at radius 1 is 1.11 bits per heavy atom. The molecule has 5 rings (SSSR count). The molecular formula is C27H24F2N4O3. The van der Waals surface area contributed by atoms with Crippen molar-refractivity contribution in [2.24, 2.45) is 0 Å². The van der Waals surface area contributed by atoms with Crippen LogP contribution in [0.4, 0.5) is 8.78 Å². The van der Waals surface area contributed by atoms with Gasteiger partial charge in [0.15, 0.2) is 0 Å². The van der Waals surface area contributed by atoms with Crippen LogP contribution in [-0.2, 0) is 6.54 Å².